The number of nitrogens with one attached hydrogen (secondary N) is 2. The lowest BCUT2D eigenvalue weighted by Gasteiger charge is -2.13. The van der Waals surface area contributed by atoms with Gasteiger partial charge in [-0.1, -0.05) is 17.8 Å². The van der Waals surface area contributed by atoms with Crippen LogP contribution in [-0.2, 0) is 17.5 Å². The van der Waals surface area contributed by atoms with Gasteiger partial charge in [0.1, 0.15) is 5.75 Å². The molecule has 198 valence electrons. The van der Waals surface area contributed by atoms with E-state index in [1.54, 1.807) is 30.3 Å². The molecular formula is C25H22F3N5O4S. The number of carbonyl (C=O) groups excluding carboxylic acids is 2. The predicted molar refractivity (Wildman–Crippen MR) is 133 cm³/mol. The van der Waals surface area contributed by atoms with Gasteiger partial charge in [0.15, 0.2) is 16.7 Å². The zero-order valence-corrected chi connectivity index (χ0v) is 20.8. The molecule has 2 aromatic heterocycles. The lowest BCUT2D eigenvalue weighted by atomic mass is 10.2. The van der Waals surface area contributed by atoms with Gasteiger partial charge in [0, 0.05) is 5.69 Å². The van der Waals surface area contributed by atoms with Crippen LogP contribution >= 0.6 is 11.8 Å². The SMILES string of the molecule is CCOc1ccc(NC(=O)CSc2nnc(CNC(=O)c3ccco3)n2-c2cccc(C(F)(F)F)c2)cc1. The topological polar surface area (TPSA) is 111 Å². The van der Waals surface area contributed by atoms with Crippen LogP contribution in [0.2, 0.25) is 0 Å². The van der Waals surface area contributed by atoms with Crippen molar-refractivity contribution in [1.82, 2.24) is 20.1 Å². The number of anilines is 1. The van der Waals surface area contributed by atoms with Gasteiger partial charge in [-0.2, -0.15) is 13.2 Å². The van der Waals surface area contributed by atoms with Crippen molar-refractivity contribution >= 4 is 29.3 Å². The minimum atomic E-state index is -4.57. The number of amides is 2. The summed E-state index contributed by atoms with van der Waals surface area (Å²) in [6, 6.07) is 14.5. The molecule has 2 heterocycles. The minimum Gasteiger partial charge on any atom is -0.494 e. The van der Waals surface area contributed by atoms with Crippen molar-refractivity contribution in [2.24, 2.45) is 0 Å². The molecule has 0 fully saturated rings. The molecule has 0 aliphatic heterocycles. The Morgan fingerprint density at radius 2 is 1.87 bits per heavy atom. The second-order valence-electron chi connectivity index (χ2n) is 7.74. The van der Waals surface area contributed by atoms with Gasteiger partial charge in [-0.25, -0.2) is 0 Å². The number of ether oxygens (including phenoxy) is 1. The van der Waals surface area contributed by atoms with Crippen LogP contribution in [0.5, 0.6) is 5.75 Å². The Morgan fingerprint density at radius 3 is 2.55 bits per heavy atom. The number of carbonyl (C=O) groups is 2. The lowest BCUT2D eigenvalue weighted by Crippen LogP contribution is -2.24. The number of benzene rings is 2. The summed E-state index contributed by atoms with van der Waals surface area (Å²) in [5.41, 5.74) is -0.181. The molecule has 0 saturated heterocycles. The van der Waals surface area contributed by atoms with E-state index in [-0.39, 0.29) is 40.6 Å². The second kappa shape index (κ2) is 11.9. The number of aromatic nitrogens is 3. The molecule has 38 heavy (non-hydrogen) atoms. The summed E-state index contributed by atoms with van der Waals surface area (Å²) in [5.74, 6) is -0.0821. The Balaban J connectivity index is 1.52. The standard InChI is InChI=1S/C25H22F3N5O4S/c1-2-36-19-10-8-17(9-11-19)30-22(34)15-38-24-32-31-21(14-29-23(35)20-7-4-12-37-20)33(24)18-6-3-5-16(13-18)25(26,27)28/h3-13H,2,14-15H2,1H3,(H,29,35)(H,30,34). The third kappa shape index (κ3) is 6.73. The van der Waals surface area contributed by atoms with E-state index in [1.807, 2.05) is 6.92 Å². The van der Waals surface area contributed by atoms with Crippen molar-refractivity contribution < 1.29 is 31.9 Å². The van der Waals surface area contributed by atoms with Crippen LogP contribution in [0.15, 0.2) is 76.5 Å². The molecule has 0 aliphatic rings. The van der Waals surface area contributed by atoms with Crippen molar-refractivity contribution in [2.75, 3.05) is 17.7 Å². The Kier molecular flexibility index (Phi) is 8.36. The fourth-order valence-corrected chi connectivity index (χ4v) is 4.14. The van der Waals surface area contributed by atoms with Crippen LogP contribution in [0.3, 0.4) is 0 Å². The molecule has 2 aromatic carbocycles. The Labute approximate surface area is 219 Å². The number of hydrogen-bond donors (Lipinski definition) is 2. The van der Waals surface area contributed by atoms with Crippen molar-refractivity contribution in [3.05, 3.63) is 84.1 Å². The van der Waals surface area contributed by atoms with Crippen LogP contribution < -0.4 is 15.4 Å². The normalized spacial score (nSPS) is 11.3. The molecule has 0 bridgehead atoms. The van der Waals surface area contributed by atoms with E-state index in [9.17, 15) is 22.8 Å². The quantitative estimate of drug-likeness (QED) is 0.272. The second-order valence-corrected chi connectivity index (χ2v) is 8.68. The first-order valence-corrected chi connectivity index (χ1v) is 12.3. The van der Waals surface area contributed by atoms with Gasteiger partial charge in [-0.3, -0.25) is 14.2 Å². The summed E-state index contributed by atoms with van der Waals surface area (Å²) in [6.45, 7) is 2.23. The van der Waals surface area contributed by atoms with Gasteiger partial charge in [0.25, 0.3) is 5.91 Å². The van der Waals surface area contributed by atoms with Gasteiger partial charge >= 0.3 is 6.18 Å². The maximum atomic E-state index is 13.4. The third-order valence-corrected chi connectivity index (χ3v) is 5.99. The average Bonchev–Trinajstić information content (AvgIpc) is 3.57. The van der Waals surface area contributed by atoms with Crippen molar-refractivity contribution in [3.63, 3.8) is 0 Å². The van der Waals surface area contributed by atoms with E-state index >= 15 is 0 Å². The summed E-state index contributed by atoms with van der Waals surface area (Å²) in [5, 5.41) is 13.6. The number of furan rings is 1. The highest BCUT2D eigenvalue weighted by Crippen LogP contribution is 2.31. The molecule has 0 saturated carbocycles. The highest BCUT2D eigenvalue weighted by atomic mass is 32.2. The first kappa shape index (κ1) is 26.8. The van der Waals surface area contributed by atoms with Gasteiger partial charge in [0.05, 0.1) is 36.4 Å². The van der Waals surface area contributed by atoms with E-state index < -0.39 is 17.6 Å². The van der Waals surface area contributed by atoms with Crippen molar-refractivity contribution in [1.29, 1.82) is 0 Å². The summed E-state index contributed by atoms with van der Waals surface area (Å²) in [4.78, 5) is 24.8. The number of alkyl halides is 3. The molecule has 0 spiro atoms. The Morgan fingerprint density at radius 1 is 1.08 bits per heavy atom. The molecule has 4 rings (SSSR count). The molecule has 0 radical (unpaired) electrons. The molecule has 9 nitrogen and oxygen atoms in total. The number of halogens is 3. The first-order valence-electron chi connectivity index (χ1n) is 11.3. The highest BCUT2D eigenvalue weighted by molar-refractivity contribution is 7.99. The fraction of sp³-hybridized carbons (Fsp3) is 0.200. The third-order valence-electron chi connectivity index (χ3n) is 5.07. The largest absolute Gasteiger partial charge is 0.494 e. The van der Waals surface area contributed by atoms with Gasteiger partial charge in [-0.15, -0.1) is 10.2 Å². The minimum absolute atomic E-state index is 0.0655. The molecule has 2 N–H and O–H groups in total. The molecule has 13 heteroatoms. The zero-order chi connectivity index (χ0) is 27.1. The molecular weight excluding hydrogens is 523 g/mol. The van der Waals surface area contributed by atoms with E-state index in [4.69, 9.17) is 9.15 Å². The summed E-state index contributed by atoms with van der Waals surface area (Å²) >= 11 is 0.987. The molecule has 0 unspecified atom stereocenters. The van der Waals surface area contributed by atoms with Gasteiger partial charge in [0.2, 0.25) is 5.91 Å². The number of thioether (sulfide) groups is 1. The summed E-state index contributed by atoms with van der Waals surface area (Å²) in [6.07, 6.45) is -3.23. The van der Waals surface area contributed by atoms with E-state index in [2.05, 4.69) is 20.8 Å². The van der Waals surface area contributed by atoms with Crippen LogP contribution in [-0.4, -0.2) is 38.9 Å². The number of rotatable bonds is 10. The van der Waals surface area contributed by atoms with Crippen LogP contribution in [0, 0.1) is 0 Å². The van der Waals surface area contributed by atoms with E-state index in [0.717, 1.165) is 23.9 Å². The smallest absolute Gasteiger partial charge is 0.416 e. The monoisotopic (exact) mass is 545 g/mol. The van der Waals surface area contributed by atoms with E-state index in [0.29, 0.717) is 18.0 Å². The van der Waals surface area contributed by atoms with Gasteiger partial charge in [-0.05, 0) is 61.5 Å². The molecule has 0 aliphatic carbocycles. The fourth-order valence-electron chi connectivity index (χ4n) is 3.37. The number of hydrogen-bond acceptors (Lipinski definition) is 7. The zero-order valence-electron chi connectivity index (χ0n) is 20.0. The molecule has 4 aromatic rings. The van der Waals surface area contributed by atoms with E-state index in [1.165, 1.54) is 29.0 Å². The average molecular weight is 546 g/mol. The van der Waals surface area contributed by atoms with Crippen LogP contribution in [0.1, 0.15) is 28.9 Å². The van der Waals surface area contributed by atoms with Crippen LogP contribution in [0.4, 0.5) is 18.9 Å². The number of nitrogens with zero attached hydrogens (tertiary/aromatic N) is 3. The van der Waals surface area contributed by atoms with Gasteiger partial charge < -0.3 is 19.8 Å². The first-order chi connectivity index (χ1) is 18.2. The lowest BCUT2D eigenvalue weighted by molar-refractivity contribution is -0.137. The summed E-state index contributed by atoms with van der Waals surface area (Å²) in [7, 11) is 0. The molecule has 2 amide bonds. The van der Waals surface area contributed by atoms with Crippen molar-refractivity contribution in [3.8, 4) is 11.4 Å². The Bertz CT molecular complexity index is 1390. The maximum absolute atomic E-state index is 13.4. The predicted octanol–water partition coefficient (Wildman–Crippen LogP) is 4.94. The highest BCUT2D eigenvalue weighted by Gasteiger charge is 2.31. The summed E-state index contributed by atoms with van der Waals surface area (Å²) < 4.78 is 51.9. The van der Waals surface area contributed by atoms with Crippen LogP contribution in [0.25, 0.3) is 5.69 Å². The molecule has 0 atom stereocenters. The maximum Gasteiger partial charge on any atom is 0.416 e. The van der Waals surface area contributed by atoms with Crippen molar-refractivity contribution in [2.45, 2.75) is 24.8 Å². The Hall–Kier alpha value is -4.26.